The summed E-state index contributed by atoms with van der Waals surface area (Å²) in [6.45, 7) is 2.93. The van der Waals surface area contributed by atoms with Crippen molar-refractivity contribution in [3.8, 4) is 5.75 Å². The summed E-state index contributed by atoms with van der Waals surface area (Å²) in [4.78, 5) is 13.5. The van der Waals surface area contributed by atoms with Crippen LogP contribution in [-0.4, -0.2) is 37.2 Å². The van der Waals surface area contributed by atoms with Gasteiger partial charge in [-0.3, -0.25) is 0 Å². The fourth-order valence-corrected chi connectivity index (χ4v) is 2.43. The van der Waals surface area contributed by atoms with E-state index in [4.69, 9.17) is 16.3 Å². The van der Waals surface area contributed by atoms with E-state index in [2.05, 4.69) is 21.2 Å². The molecule has 0 atom stereocenters. The van der Waals surface area contributed by atoms with Gasteiger partial charge in [-0.2, -0.15) is 0 Å². The van der Waals surface area contributed by atoms with Crippen LogP contribution in [0.25, 0.3) is 0 Å². The molecule has 0 spiro atoms. The van der Waals surface area contributed by atoms with Crippen molar-refractivity contribution in [1.82, 2.24) is 10.2 Å². The molecule has 0 saturated carbocycles. The molecule has 0 radical (unpaired) electrons. The van der Waals surface area contributed by atoms with Crippen molar-refractivity contribution in [1.29, 1.82) is 0 Å². The van der Waals surface area contributed by atoms with Crippen molar-refractivity contribution in [2.45, 2.75) is 0 Å². The molecule has 0 unspecified atom stereocenters. The topological polar surface area (TPSA) is 41.6 Å². The second-order valence-electron chi connectivity index (χ2n) is 3.71. The van der Waals surface area contributed by atoms with Crippen molar-refractivity contribution in [3.05, 3.63) is 27.7 Å². The standard InChI is InChI=1S/C11H12BrClN2O2/c12-8-5-9(13)7-10(6-8)17-11(16)15-3-1-14-2-4-15/h5-7,14H,1-4H2. The van der Waals surface area contributed by atoms with Crippen molar-refractivity contribution < 1.29 is 9.53 Å². The number of amides is 1. The molecule has 0 bridgehead atoms. The number of nitrogens with zero attached hydrogens (tertiary/aromatic N) is 1. The van der Waals surface area contributed by atoms with E-state index < -0.39 is 0 Å². The molecule has 1 aromatic rings. The first kappa shape index (κ1) is 12.7. The van der Waals surface area contributed by atoms with Gasteiger partial charge in [-0.25, -0.2) is 4.79 Å². The van der Waals surface area contributed by atoms with E-state index in [1.807, 2.05) is 0 Å². The highest BCUT2D eigenvalue weighted by atomic mass is 79.9. The number of piperazine rings is 1. The van der Waals surface area contributed by atoms with Crippen molar-refractivity contribution in [2.24, 2.45) is 0 Å². The van der Waals surface area contributed by atoms with Crippen molar-refractivity contribution >= 4 is 33.6 Å². The molecule has 0 aromatic heterocycles. The van der Waals surface area contributed by atoms with Crippen LogP contribution in [0.3, 0.4) is 0 Å². The Labute approximate surface area is 113 Å². The SMILES string of the molecule is O=C(Oc1cc(Cl)cc(Br)c1)N1CCNCC1. The molecule has 92 valence electrons. The van der Waals surface area contributed by atoms with E-state index in [0.717, 1.165) is 17.6 Å². The van der Waals surface area contributed by atoms with Gasteiger partial charge in [0.25, 0.3) is 0 Å². The predicted molar refractivity (Wildman–Crippen MR) is 69.6 cm³/mol. The van der Waals surface area contributed by atoms with Crippen LogP contribution >= 0.6 is 27.5 Å². The highest BCUT2D eigenvalue weighted by Crippen LogP contribution is 2.24. The molecule has 1 amide bonds. The molecule has 2 rings (SSSR count). The van der Waals surface area contributed by atoms with E-state index in [9.17, 15) is 4.79 Å². The van der Waals surface area contributed by atoms with Crippen LogP contribution in [0.2, 0.25) is 5.02 Å². The average Bonchev–Trinajstić information content (AvgIpc) is 2.28. The Morgan fingerprint density at radius 2 is 2.06 bits per heavy atom. The van der Waals surface area contributed by atoms with E-state index in [0.29, 0.717) is 23.9 Å². The monoisotopic (exact) mass is 318 g/mol. The molecule has 1 fully saturated rings. The van der Waals surface area contributed by atoms with Crippen LogP contribution in [0.15, 0.2) is 22.7 Å². The summed E-state index contributed by atoms with van der Waals surface area (Å²) in [6, 6.07) is 5.07. The molecule has 6 heteroatoms. The Morgan fingerprint density at radius 3 is 2.71 bits per heavy atom. The molecular formula is C11H12BrClN2O2. The van der Waals surface area contributed by atoms with E-state index in [1.165, 1.54) is 0 Å². The number of carbonyl (C=O) groups excluding carboxylic acids is 1. The number of hydrogen-bond donors (Lipinski definition) is 1. The minimum atomic E-state index is -0.333. The number of carbonyl (C=O) groups is 1. The van der Waals surface area contributed by atoms with E-state index in [1.54, 1.807) is 23.1 Å². The van der Waals surface area contributed by atoms with Gasteiger partial charge in [-0.1, -0.05) is 27.5 Å². The van der Waals surface area contributed by atoms with Gasteiger partial charge in [-0.15, -0.1) is 0 Å². The maximum atomic E-state index is 11.8. The quantitative estimate of drug-likeness (QED) is 0.865. The minimum Gasteiger partial charge on any atom is -0.410 e. The third kappa shape index (κ3) is 3.59. The summed E-state index contributed by atoms with van der Waals surface area (Å²) in [5.74, 6) is 0.452. The first-order chi connectivity index (χ1) is 8.15. The molecule has 4 nitrogen and oxygen atoms in total. The molecule has 1 aliphatic rings. The largest absolute Gasteiger partial charge is 0.415 e. The smallest absolute Gasteiger partial charge is 0.410 e. The Hall–Kier alpha value is -0.780. The summed E-state index contributed by atoms with van der Waals surface area (Å²) in [5, 5.41) is 3.70. The van der Waals surface area contributed by atoms with Gasteiger partial charge in [0, 0.05) is 35.7 Å². The number of halogens is 2. The lowest BCUT2D eigenvalue weighted by Crippen LogP contribution is -2.47. The second kappa shape index (κ2) is 5.71. The Balaban J connectivity index is 2.01. The number of ether oxygens (including phenoxy) is 1. The first-order valence-electron chi connectivity index (χ1n) is 5.29. The lowest BCUT2D eigenvalue weighted by molar-refractivity contribution is 0.146. The van der Waals surface area contributed by atoms with Crippen LogP contribution in [0.1, 0.15) is 0 Å². The van der Waals surface area contributed by atoms with Gasteiger partial charge >= 0.3 is 6.09 Å². The number of benzene rings is 1. The normalized spacial score (nSPS) is 15.8. The van der Waals surface area contributed by atoms with Crippen LogP contribution in [0, 0.1) is 0 Å². The molecule has 1 aliphatic heterocycles. The van der Waals surface area contributed by atoms with Gasteiger partial charge < -0.3 is 15.0 Å². The molecule has 17 heavy (non-hydrogen) atoms. The predicted octanol–water partition coefficient (Wildman–Crippen LogP) is 2.51. The molecular weight excluding hydrogens is 307 g/mol. The van der Waals surface area contributed by atoms with Crippen LogP contribution in [0.4, 0.5) is 4.79 Å². The fraction of sp³-hybridized carbons (Fsp3) is 0.364. The van der Waals surface area contributed by atoms with Gasteiger partial charge in [0.2, 0.25) is 0 Å². The number of hydrogen-bond acceptors (Lipinski definition) is 3. The summed E-state index contributed by atoms with van der Waals surface area (Å²) in [5.41, 5.74) is 0. The number of nitrogens with one attached hydrogen (secondary N) is 1. The lowest BCUT2D eigenvalue weighted by Gasteiger charge is -2.26. The van der Waals surface area contributed by atoms with Crippen LogP contribution in [-0.2, 0) is 0 Å². The zero-order chi connectivity index (χ0) is 12.3. The maximum absolute atomic E-state index is 11.8. The van der Waals surface area contributed by atoms with Crippen molar-refractivity contribution in [3.63, 3.8) is 0 Å². The Kier molecular flexibility index (Phi) is 4.25. The summed E-state index contributed by atoms with van der Waals surface area (Å²) < 4.78 is 6.05. The zero-order valence-electron chi connectivity index (χ0n) is 9.08. The van der Waals surface area contributed by atoms with Crippen LogP contribution < -0.4 is 10.1 Å². The number of rotatable bonds is 1. The van der Waals surface area contributed by atoms with Gasteiger partial charge in [0.05, 0.1) is 0 Å². The summed E-state index contributed by atoms with van der Waals surface area (Å²) >= 11 is 9.17. The van der Waals surface area contributed by atoms with Gasteiger partial charge in [-0.05, 0) is 18.2 Å². The molecule has 1 aromatic carbocycles. The average molecular weight is 320 g/mol. The van der Waals surface area contributed by atoms with Gasteiger partial charge in [0.15, 0.2) is 0 Å². The van der Waals surface area contributed by atoms with Gasteiger partial charge in [0.1, 0.15) is 5.75 Å². The lowest BCUT2D eigenvalue weighted by atomic mass is 10.3. The zero-order valence-corrected chi connectivity index (χ0v) is 11.4. The Morgan fingerprint density at radius 1 is 1.35 bits per heavy atom. The minimum absolute atomic E-state index is 0.333. The molecule has 1 saturated heterocycles. The third-order valence-corrected chi connectivity index (χ3v) is 3.09. The summed E-state index contributed by atoms with van der Waals surface area (Å²) in [6.07, 6.45) is -0.333. The highest BCUT2D eigenvalue weighted by molar-refractivity contribution is 9.10. The van der Waals surface area contributed by atoms with E-state index in [-0.39, 0.29) is 6.09 Å². The molecule has 0 aliphatic carbocycles. The van der Waals surface area contributed by atoms with Crippen molar-refractivity contribution in [2.75, 3.05) is 26.2 Å². The Bertz CT molecular complexity index is 402. The van der Waals surface area contributed by atoms with E-state index >= 15 is 0 Å². The van der Waals surface area contributed by atoms with Crippen LogP contribution in [0.5, 0.6) is 5.75 Å². The third-order valence-electron chi connectivity index (χ3n) is 2.42. The second-order valence-corrected chi connectivity index (χ2v) is 5.06. The highest BCUT2D eigenvalue weighted by Gasteiger charge is 2.18. The molecule has 1 heterocycles. The molecule has 1 N–H and O–H groups in total. The maximum Gasteiger partial charge on any atom is 0.415 e. The fourth-order valence-electron chi connectivity index (χ4n) is 1.60. The summed E-state index contributed by atoms with van der Waals surface area (Å²) in [7, 11) is 0. The first-order valence-corrected chi connectivity index (χ1v) is 6.46.